The molecule has 170 valence electrons. The number of nitrogens with zero attached hydrogens (tertiary/aromatic N) is 1. The first-order valence-electron chi connectivity index (χ1n) is 11.2. The van der Waals surface area contributed by atoms with Gasteiger partial charge in [-0.3, -0.25) is 9.59 Å². The van der Waals surface area contributed by atoms with Gasteiger partial charge in [0.2, 0.25) is 0 Å². The first-order valence-corrected chi connectivity index (χ1v) is 11.2. The minimum Gasteiger partial charge on any atom is -0.493 e. The number of likely N-dealkylation sites (tertiary alicyclic amines) is 1. The number of carbonyl (C=O) groups is 2. The summed E-state index contributed by atoms with van der Waals surface area (Å²) in [5.41, 5.74) is 0.0989. The molecule has 2 heterocycles. The number of ether oxygens (including phenoxy) is 1. The smallest absolute Gasteiger partial charge is 0.256 e. The average Bonchev–Trinajstić information content (AvgIpc) is 2.79. The number of nitrogens with one attached hydrogen (secondary N) is 1. The maximum atomic E-state index is 14.2. The zero-order valence-corrected chi connectivity index (χ0v) is 18.0. The van der Waals surface area contributed by atoms with Crippen molar-refractivity contribution in [1.29, 1.82) is 0 Å². The fraction of sp³-hybridized carbons (Fsp3) is 0.440. The van der Waals surface area contributed by atoms with Crippen molar-refractivity contribution >= 4 is 11.8 Å². The minimum atomic E-state index is -0.849. The van der Waals surface area contributed by atoms with E-state index in [0.29, 0.717) is 37.6 Å². The van der Waals surface area contributed by atoms with E-state index in [-0.39, 0.29) is 16.9 Å². The van der Waals surface area contributed by atoms with Crippen LogP contribution in [0.15, 0.2) is 42.5 Å². The van der Waals surface area contributed by atoms with Crippen molar-refractivity contribution in [3.63, 3.8) is 0 Å². The van der Waals surface area contributed by atoms with Crippen molar-refractivity contribution < 1.29 is 23.1 Å². The molecule has 1 unspecified atom stereocenters. The van der Waals surface area contributed by atoms with Gasteiger partial charge in [0.1, 0.15) is 17.4 Å². The van der Waals surface area contributed by atoms with E-state index < -0.39 is 17.5 Å². The van der Waals surface area contributed by atoms with E-state index in [1.54, 1.807) is 17.0 Å². The number of para-hydroxylation sites is 1. The van der Waals surface area contributed by atoms with Gasteiger partial charge in [0.25, 0.3) is 11.8 Å². The molecule has 5 nitrogen and oxygen atoms in total. The third-order valence-corrected chi connectivity index (χ3v) is 6.47. The first kappa shape index (κ1) is 22.2. The van der Waals surface area contributed by atoms with Crippen LogP contribution in [0.5, 0.6) is 5.75 Å². The number of amides is 2. The molecule has 0 aromatic heterocycles. The Hall–Kier alpha value is -2.96. The van der Waals surface area contributed by atoms with Crippen LogP contribution in [0.3, 0.4) is 0 Å². The highest BCUT2D eigenvalue weighted by Gasteiger charge is 2.38. The molecule has 0 aliphatic carbocycles. The summed E-state index contributed by atoms with van der Waals surface area (Å²) in [5.74, 6) is -1.61. The highest BCUT2D eigenvalue weighted by Crippen LogP contribution is 2.36. The third-order valence-electron chi connectivity index (χ3n) is 6.47. The van der Waals surface area contributed by atoms with Gasteiger partial charge in [-0.05, 0) is 49.9 Å². The molecule has 2 aromatic carbocycles. The lowest BCUT2D eigenvalue weighted by Crippen LogP contribution is -2.51. The van der Waals surface area contributed by atoms with Crippen LogP contribution < -0.4 is 10.1 Å². The summed E-state index contributed by atoms with van der Waals surface area (Å²) < 4.78 is 33.3. The van der Waals surface area contributed by atoms with E-state index in [4.69, 9.17) is 4.74 Å². The van der Waals surface area contributed by atoms with Gasteiger partial charge in [-0.2, -0.15) is 0 Å². The monoisotopic (exact) mass is 442 g/mol. The van der Waals surface area contributed by atoms with Gasteiger partial charge in [0.15, 0.2) is 0 Å². The van der Waals surface area contributed by atoms with Gasteiger partial charge < -0.3 is 15.0 Å². The predicted octanol–water partition coefficient (Wildman–Crippen LogP) is 4.57. The van der Waals surface area contributed by atoms with E-state index in [1.165, 1.54) is 6.07 Å². The average molecular weight is 443 g/mol. The van der Waals surface area contributed by atoms with Gasteiger partial charge in [-0.25, -0.2) is 8.78 Å². The van der Waals surface area contributed by atoms with Crippen LogP contribution >= 0.6 is 0 Å². The second kappa shape index (κ2) is 9.67. The summed E-state index contributed by atoms with van der Waals surface area (Å²) in [7, 11) is 0. The van der Waals surface area contributed by atoms with Gasteiger partial charge >= 0.3 is 0 Å². The third kappa shape index (κ3) is 4.92. The zero-order valence-electron chi connectivity index (χ0n) is 18.0. The first-order chi connectivity index (χ1) is 15.5. The van der Waals surface area contributed by atoms with Crippen molar-refractivity contribution in [2.24, 2.45) is 5.41 Å². The van der Waals surface area contributed by atoms with Crippen LogP contribution in [0.2, 0.25) is 0 Å². The lowest BCUT2D eigenvalue weighted by atomic mass is 9.75. The zero-order chi connectivity index (χ0) is 22.6. The van der Waals surface area contributed by atoms with E-state index in [1.807, 2.05) is 12.1 Å². The fourth-order valence-electron chi connectivity index (χ4n) is 4.76. The number of hydrogen-bond acceptors (Lipinski definition) is 3. The standard InChI is InChI=1S/C25H28F2N2O3/c26-18-9-10-19(21(27)15-18)24(31)29-13-6-12-25(17-29)11-4-1-5-14-32-22-8-3-2-7-20(22)23(30)28-16-25/h2-3,7-10,15H,1,4-6,11-14,16-17H2,(H,28,30). The molecule has 0 saturated carbocycles. The highest BCUT2D eigenvalue weighted by atomic mass is 19.1. The quantitative estimate of drug-likeness (QED) is 0.704. The molecule has 0 radical (unpaired) electrons. The summed E-state index contributed by atoms with van der Waals surface area (Å²) in [4.78, 5) is 27.6. The Balaban J connectivity index is 1.54. The molecular formula is C25H28F2N2O3. The molecule has 2 aliphatic rings. The molecule has 4 rings (SSSR count). The Labute approximate surface area is 186 Å². The van der Waals surface area contributed by atoms with E-state index in [2.05, 4.69) is 5.32 Å². The molecule has 1 fully saturated rings. The Kier molecular flexibility index (Phi) is 6.72. The summed E-state index contributed by atoms with van der Waals surface area (Å²) in [6.45, 7) is 1.92. The van der Waals surface area contributed by atoms with E-state index in [9.17, 15) is 18.4 Å². The molecule has 0 bridgehead atoms. The van der Waals surface area contributed by atoms with Crippen LogP contribution in [0.25, 0.3) is 0 Å². The lowest BCUT2D eigenvalue weighted by molar-refractivity contribution is 0.0465. The van der Waals surface area contributed by atoms with Crippen molar-refractivity contribution in [3.05, 3.63) is 65.2 Å². The molecule has 7 heteroatoms. The number of halogens is 2. The molecular weight excluding hydrogens is 414 g/mol. The SMILES string of the molecule is O=C1NCC2(CCCCCOc3ccccc31)CCCN(C(=O)c1ccc(F)cc1F)C2. The van der Waals surface area contributed by atoms with Crippen LogP contribution in [0.4, 0.5) is 8.78 Å². The number of benzene rings is 2. The molecule has 32 heavy (non-hydrogen) atoms. The van der Waals surface area contributed by atoms with Crippen molar-refractivity contribution in [3.8, 4) is 5.75 Å². The van der Waals surface area contributed by atoms with Gasteiger partial charge in [0, 0.05) is 31.1 Å². The maximum Gasteiger partial charge on any atom is 0.256 e. The molecule has 1 saturated heterocycles. The molecule has 1 atom stereocenters. The molecule has 2 amide bonds. The van der Waals surface area contributed by atoms with Crippen LogP contribution in [0.1, 0.15) is 59.2 Å². The van der Waals surface area contributed by atoms with Crippen molar-refractivity contribution in [1.82, 2.24) is 10.2 Å². The Bertz CT molecular complexity index is 997. The number of piperidine rings is 1. The Morgan fingerprint density at radius 3 is 2.69 bits per heavy atom. The molecule has 2 aliphatic heterocycles. The predicted molar refractivity (Wildman–Crippen MR) is 117 cm³/mol. The lowest BCUT2D eigenvalue weighted by Gasteiger charge is -2.43. The Morgan fingerprint density at radius 2 is 1.84 bits per heavy atom. The normalized spacial score (nSPS) is 22.2. The Morgan fingerprint density at radius 1 is 1.03 bits per heavy atom. The van der Waals surface area contributed by atoms with Crippen LogP contribution in [0, 0.1) is 17.0 Å². The summed E-state index contributed by atoms with van der Waals surface area (Å²) >= 11 is 0. The highest BCUT2D eigenvalue weighted by molar-refractivity contribution is 5.97. The molecule has 1 spiro atoms. The van der Waals surface area contributed by atoms with Crippen molar-refractivity contribution in [2.45, 2.75) is 38.5 Å². The summed E-state index contributed by atoms with van der Waals surface area (Å²) in [5, 5.41) is 3.05. The van der Waals surface area contributed by atoms with Crippen LogP contribution in [-0.2, 0) is 0 Å². The van der Waals surface area contributed by atoms with Crippen molar-refractivity contribution in [2.75, 3.05) is 26.2 Å². The molecule has 2 aromatic rings. The number of carbonyl (C=O) groups excluding carboxylic acids is 2. The van der Waals surface area contributed by atoms with E-state index in [0.717, 1.165) is 50.7 Å². The fourth-order valence-corrected chi connectivity index (χ4v) is 4.76. The summed E-state index contributed by atoms with van der Waals surface area (Å²) in [6, 6.07) is 10.2. The van der Waals surface area contributed by atoms with E-state index >= 15 is 0 Å². The number of rotatable bonds is 1. The second-order valence-corrected chi connectivity index (χ2v) is 8.79. The second-order valence-electron chi connectivity index (χ2n) is 8.79. The van der Waals surface area contributed by atoms with Crippen LogP contribution in [-0.4, -0.2) is 43.0 Å². The minimum absolute atomic E-state index is 0.119. The van der Waals surface area contributed by atoms with Gasteiger partial charge in [-0.15, -0.1) is 0 Å². The largest absolute Gasteiger partial charge is 0.493 e. The topological polar surface area (TPSA) is 58.6 Å². The summed E-state index contributed by atoms with van der Waals surface area (Å²) in [6.07, 6.45) is 5.32. The maximum absolute atomic E-state index is 14.2. The molecule has 1 N–H and O–H groups in total. The van der Waals surface area contributed by atoms with Gasteiger partial charge in [0.05, 0.1) is 17.7 Å². The number of fused-ring (bicyclic) bond motifs is 1. The van der Waals surface area contributed by atoms with Gasteiger partial charge in [-0.1, -0.05) is 25.0 Å². The number of hydrogen-bond donors (Lipinski definition) is 1.